The van der Waals surface area contributed by atoms with Crippen LogP contribution in [0, 0.1) is 10.1 Å². The van der Waals surface area contributed by atoms with E-state index in [4.69, 9.17) is 23.7 Å². The van der Waals surface area contributed by atoms with Crippen LogP contribution in [0.1, 0.15) is 27.7 Å². The Hall–Kier alpha value is -3.74. The number of benzene rings is 1. The summed E-state index contributed by atoms with van der Waals surface area (Å²) in [4.78, 5) is 57.5. The molecule has 13 heteroatoms. The fourth-order valence-corrected chi connectivity index (χ4v) is 3.25. The second-order valence-corrected chi connectivity index (χ2v) is 7.04. The van der Waals surface area contributed by atoms with Crippen LogP contribution in [0.4, 0.5) is 11.4 Å². The first-order valence-corrected chi connectivity index (χ1v) is 9.80. The number of rotatable bonds is 8. The van der Waals surface area contributed by atoms with Crippen LogP contribution < -0.4 is 5.32 Å². The molecule has 0 bridgehead atoms. The Labute approximate surface area is 188 Å². The summed E-state index contributed by atoms with van der Waals surface area (Å²) in [7, 11) is 0. The number of esters is 4. The zero-order valence-electron chi connectivity index (χ0n) is 18.3. The molecule has 0 radical (unpaired) electrons. The zero-order chi connectivity index (χ0) is 24.7. The molecule has 1 heterocycles. The molecule has 1 aromatic rings. The van der Waals surface area contributed by atoms with Gasteiger partial charge < -0.3 is 29.0 Å². The average molecular weight is 468 g/mol. The molecular weight excluding hydrogens is 444 g/mol. The molecule has 0 amide bonds. The van der Waals surface area contributed by atoms with Crippen LogP contribution in [-0.2, 0) is 42.9 Å². The summed E-state index contributed by atoms with van der Waals surface area (Å²) in [6, 6.07) is 5.62. The molecule has 0 unspecified atom stereocenters. The smallest absolute Gasteiger partial charge is 0.303 e. The molecule has 180 valence electrons. The van der Waals surface area contributed by atoms with Crippen LogP contribution >= 0.6 is 0 Å². The average Bonchev–Trinajstić information content (AvgIpc) is 2.70. The molecule has 1 saturated heterocycles. The molecule has 13 nitrogen and oxygen atoms in total. The van der Waals surface area contributed by atoms with Gasteiger partial charge in [-0.05, 0) is 6.07 Å². The van der Waals surface area contributed by atoms with Gasteiger partial charge in [0.15, 0.2) is 24.5 Å². The highest BCUT2D eigenvalue weighted by molar-refractivity contribution is 5.69. The van der Waals surface area contributed by atoms with Crippen LogP contribution in [0.15, 0.2) is 24.3 Å². The van der Waals surface area contributed by atoms with Gasteiger partial charge in [0.25, 0.3) is 5.69 Å². The summed E-state index contributed by atoms with van der Waals surface area (Å²) < 4.78 is 26.7. The summed E-state index contributed by atoms with van der Waals surface area (Å²) in [5, 5.41) is 14.2. The maximum absolute atomic E-state index is 11.8. The number of carbonyl (C=O) groups is 4. The Morgan fingerprint density at radius 2 is 1.45 bits per heavy atom. The molecule has 5 atom stereocenters. The first kappa shape index (κ1) is 25.5. The Morgan fingerprint density at radius 3 is 2.00 bits per heavy atom. The predicted octanol–water partition coefficient (Wildman–Crippen LogP) is 1.09. The molecule has 1 fully saturated rings. The van der Waals surface area contributed by atoms with Gasteiger partial charge in [0, 0.05) is 33.8 Å². The monoisotopic (exact) mass is 468 g/mol. The zero-order valence-corrected chi connectivity index (χ0v) is 18.3. The maximum Gasteiger partial charge on any atom is 0.303 e. The van der Waals surface area contributed by atoms with E-state index in [1.54, 1.807) is 0 Å². The fourth-order valence-electron chi connectivity index (χ4n) is 3.25. The van der Waals surface area contributed by atoms with E-state index in [2.05, 4.69) is 5.32 Å². The van der Waals surface area contributed by atoms with E-state index in [9.17, 15) is 29.3 Å². The molecule has 0 aromatic heterocycles. The third-order valence-electron chi connectivity index (χ3n) is 4.39. The highest BCUT2D eigenvalue weighted by atomic mass is 16.7. The lowest BCUT2D eigenvalue weighted by Crippen LogP contribution is -2.64. The van der Waals surface area contributed by atoms with E-state index in [0.29, 0.717) is 0 Å². The summed E-state index contributed by atoms with van der Waals surface area (Å²) in [6.45, 7) is 4.03. The van der Waals surface area contributed by atoms with Crippen LogP contribution in [0.2, 0.25) is 0 Å². The summed E-state index contributed by atoms with van der Waals surface area (Å²) >= 11 is 0. The van der Waals surface area contributed by atoms with Crippen LogP contribution in [0.25, 0.3) is 0 Å². The van der Waals surface area contributed by atoms with Crippen molar-refractivity contribution in [2.24, 2.45) is 0 Å². The van der Waals surface area contributed by atoms with Crippen molar-refractivity contribution in [3.8, 4) is 0 Å². The Balaban J connectivity index is 2.51. The molecule has 1 aliphatic rings. The molecule has 0 spiro atoms. The molecule has 1 aliphatic heterocycles. The number of hydrogen-bond acceptors (Lipinski definition) is 12. The predicted molar refractivity (Wildman–Crippen MR) is 109 cm³/mol. The highest BCUT2D eigenvalue weighted by Crippen LogP contribution is 2.32. The SMILES string of the molecule is CC(=O)OC[C@@H]1O[C@@H](Nc2ccccc2[N+](=O)[O-])[C@@H](OC(C)=O)[C@@H](OC(C)=O)[C@@H]1OC(C)=O. The number of para-hydroxylation sites is 2. The second-order valence-electron chi connectivity index (χ2n) is 7.04. The molecule has 0 aliphatic carbocycles. The van der Waals surface area contributed by atoms with Crippen molar-refractivity contribution in [3.05, 3.63) is 34.4 Å². The number of nitro benzene ring substituents is 1. The van der Waals surface area contributed by atoms with Gasteiger partial charge in [0.1, 0.15) is 18.4 Å². The third-order valence-corrected chi connectivity index (χ3v) is 4.39. The van der Waals surface area contributed by atoms with Crippen molar-refractivity contribution in [3.63, 3.8) is 0 Å². The number of ether oxygens (including phenoxy) is 5. The maximum atomic E-state index is 11.8. The number of anilines is 1. The quantitative estimate of drug-likeness (QED) is 0.250. The number of nitrogens with zero attached hydrogens (tertiary/aromatic N) is 1. The second kappa shape index (κ2) is 11.2. The number of nitrogens with one attached hydrogen (secondary N) is 1. The van der Waals surface area contributed by atoms with Crippen molar-refractivity contribution in [1.82, 2.24) is 0 Å². The standard InChI is InChI=1S/C20H24N2O11/c1-10(23)29-9-16-17(30-11(2)24)18(31-12(3)25)19(32-13(4)26)20(33-16)21-14-7-5-6-8-15(14)22(27)28/h5-8,16-21H,9H2,1-4H3/t16-,17+,18-,19-,20+/m0/s1. The van der Waals surface area contributed by atoms with Gasteiger partial charge in [-0.2, -0.15) is 0 Å². The normalized spacial score (nSPS) is 24.2. The Kier molecular flexibility index (Phi) is 8.68. The van der Waals surface area contributed by atoms with Crippen molar-refractivity contribution in [2.75, 3.05) is 11.9 Å². The van der Waals surface area contributed by atoms with Crippen molar-refractivity contribution in [1.29, 1.82) is 0 Å². The summed E-state index contributed by atoms with van der Waals surface area (Å²) in [6.07, 6.45) is -6.58. The highest BCUT2D eigenvalue weighted by Gasteiger charge is 2.52. The minimum absolute atomic E-state index is 0.0170. The van der Waals surface area contributed by atoms with Gasteiger partial charge in [0.2, 0.25) is 0 Å². The first-order valence-electron chi connectivity index (χ1n) is 9.80. The minimum atomic E-state index is -1.39. The van der Waals surface area contributed by atoms with Gasteiger partial charge in [-0.1, -0.05) is 12.1 Å². The lowest BCUT2D eigenvalue weighted by Gasteiger charge is -2.44. The van der Waals surface area contributed by atoms with Gasteiger partial charge in [-0.15, -0.1) is 0 Å². The topological polar surface area (TPSA) is 170 Å². The lowest BCUT2D eigenvalue weighted by atomic mass is 9.97. The minimum Gasteiger partial charge on any atom is -0.463 e. The van der Waals surface area contributed by atoms with Gasteiger partial charge in [0.05, 0.1) is 4.92 Å². The van der Waals surface area contributed by atoms with Crippen molar-refractivity contribution >= 4 is 35.3 Å². The van der Waals surface area contributed by atoms with Crippen LogP contribution in [-0.4, -0.2) is 66.1 Å². The number of carbonyl (C=O) groups excluding carboxylic acids is 4. The lowest BCUT2D eigenvalue weighted by molar-refractivity contribution is -0.384. The molecular formula is C20H24N2O11. The molecule has 2 rings (SSSR count). The van der Waals surface area contributed by atoms with E-state index >= 15 is 0 Å². The van der Waals surface area contributed by atoms with E-state index in [1.807, 2.05) is 0 Å². The van der Waals surface area contributed by atoms with Gasteiger partial charge >= 0.3 is 23.9 Å². The van der Waals surface area contributed by atoms with Crippen LogP contribution in [0.3, 0.4) is 0 Å². The Bertz CT molecular complexity index is 919. The number of nitro groups is 1. The van der Waals surface area contributed by atoms with Crippen molar-refractivity contribution in [2.45, 2.75) is 58.3 Å². The van der Waals surface area contributed by atoms with E-state index in [1.165, 1.54) is 24.3 Å². The first-order chi connectivity index (χ1) is 15.5. The van der Waals surface area contributed by atoms with Crippen LogP contribution in [0.5, 0.6) is 0 Å². The molecule has 0 saturated carbocycles. The third kappa shape index (κ3) is 7.14. The number of hydrogen-bond donors (Lipinski definition) is 1. The summed E-state index contributed by atoms with van der Waals surface area (Å²) in [5.74, 6) is -2.99. The largest absolute Gasteiger partial charge is 0.463 e. The molecule has 1 N–H and O–H groups in total. The van der Waals surface area contributed by atoms with Gasteiger partial charge in [-0.25, -0.2) is 0 Å². The van der Waals surface area contributed by atoms with E-state index in [0.717, 1.165) is 27.7 Å². The van der Waals surface area contributed by atoms with Crippen molar-refractivity contribution < 1.29 is 47.8 Å². The van der Waals surface area contributed by atoms with Gasteiger partial charge in [-0.3, -0.25) is 29.3 Å². The molecule has 1 aromatic carbocycles. The fraction of sp³-hybridized carbons (Fsp3) is 0.500. The summed E-state index contributed by atoms with van der Waals surface area (Å²) in [5.41, 5.74) is -0.284. The van der Waals surface area contributed by atoms with E-state index in [-0.39, 0.29) is 11.4 Å². The molecule has 33 heavy (non-hydrogen) atoms. The Morgan fingerprint density at radius 1 is 0.909 bits per heavy atom. The van der Waals surface area contributed by atoms with E-state index < -0.39 is 66.1 Å².